The number of carbonyl (C=O) groups is 1. The van der Waals surface area contributed by atoms with Crippen LogP contribution in [0.3, 0.4) is 0 Å². The van der Waals surface area contributed by atoms with E-state index in [1.807, 2.05) is 11.6 Å². The van der Waals surface area contributed by atoms with Gasteiger partial charge in [0.25, 0.3) is 0 Å². The Kier molecular flexibility index (Phi) is 8.06. The van der Waals surface area contributed by atoms with E-state index in [-0.39, 0.29) is 23.7 Å². The lowest BCUT2D eigenvalue weighted by Gasteiger charge is -2.35. The molecule has 1 saturated carbocycles. The Bertz CT molecular complexity index is 495. The molecule has 0 aliphatic heterocycles. The Morgan fingerprint density at radius 1 is 1.35 bits per heavy atom. The van der Waals surface area contributed by atoms with Gasteiger partial charge in [-0.3, -0.25) is 9.48 Å². The first-order valence-corrected chi connectivity index (χ1v) is 8.52. The Morgan fingerprint density at radius 3 is 2.61 bits per heavy atom. The standard InChI is InChI=1S/C17H30N4O.ClH/c1-14-11-15(2)21(20-14)10-6-9-19-16(22)12-17(13-18)7-4-3-5-8-17;/h11H,3-10,12-13,18H2,1-2H3,(H,19,22);1H. The minimum Gasteiger partial charge on any atom is -0.356 e. The van der Waals surface area contributed by atoms with Crippen molar-refractivity contribution in [3.05, 3.63) is 17.5 Å². The van der Waals surface area contributed by atoms with Crippen LogP contribution in [0.5, 0.6) is 0 Å². The average molecular weight is 343 g/mol. The van der Waals surface area contributed by atoms with Crippen LogP contribution in [0.1, 0.15) is 56.3 Å². The smallest absolute Gasteiger partial charge is 0.220 e. The first-order chi connectivity index (χ1) is 10.5. The van der Waals surface area contributed by atoms with Crippen LogP contribution in [0.25, 0.3) is 0 Å². The van der Waals surface area contributed by atoms with E-state index >= 15 is 0 Å². The van der Waals surface area contributed by atoms with Crippen molar-refractivity contribution >= 4 is 18.3 Å². The number of rotatable bonds is 7. The zero-order valence-corrected chi connectivity index (χ0v) is 15.3. The summed E-state index contributed by atoms with van der Waals surface area (Å²) in [6, 6.07) is 2.08. The van der Waals surface area contributed by atoms with Gasteiger partial charge in [0, 0.05) is 25.2 Å². The van der Waals surface area contributed by atoms with Gasteiger partial charge in [0.1, 0.15) is 0 Å². The largest absolute Gasteiger partial charge is 0.356 e. The highest BCUT2D eigenvalue weighted by Crippen LogP contribution is 2.38. The molecule has 0 unspecified atom stereocenters. The highest BCUT2D eigenvalue weighted by Gasteiger charge is 2.32. The molecule has 1 aliphatic rings. The van der Waals surface area contributed by atoms with Crippen LogP contribution in [0, 0.1) is 19.3 Å². The summed E-state index contributed by atoms with van der Waals surface area (Å²) in [7, 11) is 0. The van der Waals surface area contributed by atoms with Gasteiger partial charge in [-0.2, -0.15) is 5.10 Å². The number of nitrogens with two attached hydrogens (primary N) is 1. The molecule has 1 heterocycles. The maximum atomic E-state index is 12.2. The minimum absolute atomic E-state index is 0. The second-order valence-electron chi connectivity index (χ2n) is 6.80. The Morgan fingerprint density at radius 2 is 2.04 bits per heavy atom. The number of nitrogens with one attached hydrogen (secondary N) is 1. The molecular formula is C17H31ClN4O. The molecule has 23 heavy (non-hydrogen) atoms. The lowest BCUT2D eigenvalue weighted by atomic mass is 9.71. The number of aryl methyl sites for hydroxylation is 3. The second kappa shape index (κ2) is 9.28. The quantitative estimate of drug-likeness (QED) is 0.748. The third-order valence-electron chi connectivity index (χ3n) is 4.86. The molecule has 0 bridgehead atoms. The van der Waals surface area contributed by atoms with Gasteiger partial charge in [0.2, 0.25) is 5.91 Å². The molecule has 6 heteroatoms. The molecule has 0 radical (unpaired) electrons. The van der Waals surface area contributed by atoms with Gasteiger partial charge in [-0.1, -0.05) is 19.3 Å². The Hall–Kier alpha value is -1.07. The van der Waals surface area contributed by atoms with Crippen molar-refractivity contribution in [3.63, 3.8) is 0 Å². The number of aromatic nitrogens is 2. The molecule has 5 nitrogen and oxygen atoms in total. The zero-order chi connectivity index (χ0) is 16.0. The summed E-state index contributed by atoms with van der Waals surface area (Å²) in [6.07, 6.45) is 7.40. The molecule has 1 aromatic rings. The van der Waals surface area contributed by atoms with E-state index in [2.05, 4.69) is 23.4 Å². The number of hydrogen-bond acceptors (Lipinski definition) is 3. The van der Waals surface area contributed by atoms with Crippen molar-refractivity contribution in [2.75, 3.05) is 13.1 Å². The van der Waals surface area contributed by atoms with E-state index in [1.165, 1.54) is 25.0 Å². The number of hydrogen-bond donors (Lipinski definition) is 2. The van der Waals surface area contributed by atoms with Crippen LogP contribution < -0.4 is 11.1 Å². The molecule has 132 valence electrons. The lowest BCUT2D eigenvalue weighted by Crippen LogP contribution is -2.39. The molecule has 1 aliphatic carbocycles. The van der Waals surface area contributed by atoms with Crippen LogP contribution in [0.4, 0.5) is 0 Å². The van der Waals surface area contributed by atoms with E-state index in [0.29, 0.717) is 19.5 Å². The van der Waals surface area contributed by atoms with Gasteiger partial charge < -0.3 is 11.1 Å². The predicted molar refractivity (Wildman–Crippen MR) is 95.8 cm³/mol. The fourth-order valence-electron chi connectivity index (χ4n) is 3.52. The van der Waals surface area contributed by atoms with Crippen LogP contribution in [-0.2, 0) is 11.3 Å². The van der Waals surface area contributed by atoms with Crippen molar-refractivity contribution < 1.29 is 4.79 Å². The Labute approximate surface area is 145 Å². The van der Waals surface area contributed by atoms with E-state index in [1.54, 1.807) is 0 Å². The SMILES string of the molecule is Cc1cc(C)n(CCCNC(=O)CC2(CN)CCCCC2)n1.Cl. The van der Waals surface area contributed by atoms with E-state index in [9.17, 15) is 4.79 Å². The van der Waals surface area contributed by atoms with Crippen molar-refractivity contribution in [1.82, 2.24) is 15.1 Å². The summed E-state index contributed by atoms with van der Waals surface area (Å²) < 4.78 is 2.00. The maximum Gasteiger partial charge on any atom is 0.220 e. The summed E-state index contributed by atoms with van der Waals surface area (Å²) in [4.78, 5) is 12.2. The van der Waals surface area contributed by atoms with Gasteiger partial charge in [-0.25, -0.2) is 0 Å². The molecule has 1 amide bonds. The third kappa shape index (κ3) is 5.81. The summed E-state index contributed by atoms with van der Waals surface area (Å²) in [5.74, 6) is 0.153. The molecule has 1 aromatic heterocycles. The summed E-state index contributed by atoms with van der Waals surface area (Å²) in [6.45, 7) is 6.25. The predicted octanol–water partition coefficient (Wildman–Crippen LogP) is 2.73. The van der Waals surface area contributed by atoms with Crippen molar-refractivity contribution in [3.8, 4) is 0 Å². The average Bonchev–Trinajstić information content (AvgIpc) is 2.82. The van der Waals surface area contributed by atoms with Gasteiger partial charge in [0.05, 0.1) is 5.69 Å². The second-order valence-corrected chi connectivity index (χ2v) is 6.80. The molecule has 0 spiro atoms. The van der Waals surface area contributed by atoms with E-state index < -0.39 is 0 Å². The topological polar surface area (TPSA) is 72.9 Å². The van der Waals surface area contributed by atoms with Crippen LogP contribution in [0.15, 0.2) is 6.07 Å². The van der Waals surface area contributed by atoms with Crippen LogP contribution >= 0.6 is 12.4 Å². The minimum atomic E-state index is 0. The number of halogens is 1. The number of amides is 1. The van der Waals surface area contributed by atoms with Crippen molar-refractivity contribution in [2.24, 2.45) is 11.1 Å². The lowest BCUT2D eigenvalue weighted by molar-refractivity contribution is -0.123. The summed E-state index contributed by atoms with van der Waals surface area (Å²) in [5, 5.41) is 7.48. The molecule has 2 rings (SSSR count). The highest BCUT2D eigenvalue weighted by molar-refractivity contribution is 5.85. The summed E-state index contributed by atoms with van der Waals surface area (Å²) in [5.41, 5.74) is 8.22. The summed E-state index contributed by atoms with van der Waals surface area (Å²) >= 11 is 0. The van der Waals surface area contributed by atoms with Gasteiger partial charge >= 0.3 is 0 Å². The molecule has 1 fully saturated rings. The monoisotopic (exact) mass is 342 g/mol. The van der Waals surface area contributed by atoms with Crippen LogP contribution in [-0.4, -0.2) is 28.8 Å². The van der Waals surface area contributed by atoms with Gasteiger partial charge in [-0.05, 0) is 51.1 Å². The first-order valence-electron chi connectivity index (χ1n) is 8.52. The van der Waals surface area contributed by atoms with Crippen molar-refractivity contribution in [1.29, 1.82) is 0 Å². The molecule has 0 atom stereocenters. The Balaban J connectivity index is 0.00000264. The molecule has 0 aromatic carbocycles. The molecule has 0 saturated heterocycles. The van der Waals surface area contributed by atoms with E-state index in [0.717, 1.165) is 31.5 Å². The molecular weight excluding hydrogens is 312 g/mol. The van der Waals surface area contributed by atoms with Crippen molar-refractivity contribution in [2.45, 2.75) is 65.3 Å². The number of nitrogens with zero attached hydrogens (tertiary/aromatic N) is 2. The first kappa shape index (κ1) is 20.0. The van der Waals surface area contributed by atoms with Gasteiger partial charge in [-0.15, -0.1) is 12.4 Å². The molecule has 3 N–H and O–H groups in total. The van der Waals surface area contributed by atoms with Gasteiger partial charge in [0.15, 0.2) is 0 Å². The normalized spacial score (nSPS) is 16.7. The van der Waals surface area contributed by atoms with Crippen LogP contribution in [0.2, 0.25) is 0 Å². The third-order valence-corrected chi connectivity index (χ3v) is 4.86. The highest BCUT2D eigenvalue weighted by atomic mass is 35.5. The van der Waals surface area contributed by atoms with E-state index in [4.69, 9.17) is 5.73 Å². The zero-order valence-electron chi connectivity index (χ0n) is 14.4. The number of carbonyl (C=O) groups excluding carboxylic acids is 1. The maximum absolute atomic E-state index is 12.2. The fraction of sp³-hybridized carbons (Fsp3) is 0.765. The fourth-order valence-corrected chi connectivity index (χ4v) is 3.52.